The molecule has 82 heavy (non-hydrogen) atoms. The van der Waals surface area contributed by atoms with Crippen LogP contribution in [0.5, 0.6) is 0 Å². The largest absolute Gasteiger partial charge is 0.756 e. The second kappa shape index (κ2) is 60.2. The lowest BCUT2D eigenvalue weighted by Crippen LogP contribution is -2.37. The molecule has 0 heterocycles. The van der Waals surface area contributed by atoms with Gasteiger partial charge in [0.1, 0.15) is 19.8 Å². The van der Waals surface area contributed by atoms with Crippen LogP contribution in [0.3, 0.4) is 0 Å². The topological polar surface area (TPSA) is 111 Å². The van der Waals surface area contributed by atoms with E-state index in [1.165, 1.54) is 0 Å². The number of phosphoric acid groups is 1. The lowest BCUT2D eigenvalue weighted by atomic mass is 10.1. The molecule has 0 aliphatic carbocycles. The summed E-state index contributed by atoms with van der Waals surface area (Å²) in [4.78, 5) is 37.9. The quantitative estimate of drug-likeness (QED) is 0.0195. The number of allylic oxidation sites excluding steroid dienone is 34. The molecule has 10 heteroatoms. The molecule has 0 aromatic carbocycles. The first-order valence-electron chi connectivity index (χ1n) is 30.8. The van der Waals surface area contributed by atoms with Gasteiger partial charge in [0.05, 0.1) is 27.7 Å². The summed E-state index contributed by atoms with van der Waals surface area (Å²) in [5.41, 5.74) is 0. The van der Waals surface area contributed by atoms with Gasteiger partial charge in [-0.1, -0.05) is 233 Å². The fraction of sp³-hybridized carbons (Fsp3) is 0.500. The third kappa shape index (κ3) is 63.8. The van der Waals surface area contributed by atoms with Crippen LogP contribution in [0, 0.1) is 0 Å². The number of hydrogen-bond donors (Lipinski definition) is 0. The van der Waals surface area contributed by atoms with E-state index in [2.05, 4.69) is 214 Å². The SMILES string of the molecule is CC/C=C\C/C=C\C/C=C\C/C=C\C/C=C\C/C=C\C/C=C\C/C=C\C/C=C\CCCC(=O)OC(COC(=O)CCCCCC/C=C\C/C=C\C/C=C\C/C=C\C/C=C\C/C=C\C/C=C\C/C=C\CC)COP(=O)([O-])OCC[N+](C)(C)C. The molecule has 0 saturated heterocycles. The van der Waals surface area contributed by atoms with Crippen molar-refractivity contribution in [2.24, 2.45) is 0 Å². The monoisotopic (exact) mass is 1150 g/mol. The molecule has 0 spiro atoms. The van der Waals surface area contributed by atoms with Gasteiger partial charge < -0.3 is 27.9 Å². The van der Waals surface area contributed by atoms with Gasteiger partial charge in [0, 0.05) is 12.8 Å². The number of quaternary nitrogens is 1. The van der Waals surface area contributed by atoms with Crippen LogP contribution in [0.4, 0.5) is 0 Å². The first-order chi connectivity index (χ1) is 40.0. The van der Waals surface area contributed by atoms with Gasteiger partial charge in [-0.3, -0.25) is 14.2 Å². The van der Waals surface area contributed by atoms with E-state index in [1.807, 2.05) is 27.2 Å². The maximum atomic E-state index is 12.8. The van der Waals surface area contributed by atoms with E-state index in [-0.39, 0.29) is 26.1 Å². The van der Waals surface area contributed by atoms with Crippen LogP contribution in [0.2, 0.25) is 0 Å². The fourth-order valence-electron chi connectivity index (χ4n) is 7.14. The van der Waals surface area contributed by atoms with Crippen molar-refractivity contribution < 1.29 is 42.1 Å². The number of carbonyl (C=O) groups is 2. The summed E-state index contributed by atoms with van der Waals surface area (Å²) < 4.78 is 34.1. The molecule has 0 aliphatic heterocycles. The minimum Gasteiger partial charge on any atom is -0.756 e. The molecule has 0 aromatic heterocycles. The third-order valence-electron chi connectivity index (χ3n) is 11.8. The summed E-state index contributed by atoms with van der Waals surface area (Å²) in [6, 6.07) is 0. The van der Waals surface area contributed by atoms with E-state index in [4.69, 9.17) is 18.5 Å². The Bertz CT molecular complexity index is 2130. The molecular weight excluding hydrogens is 1040 g/mol. The number of nitrogens with zero attached hydrogens (tertiary/aromatic N) is 1. The number of carbonyl (C=O) groups excluding carboxylic acids is 2. The zero-order valence-electron chi connectivity index (χ0n) is 51.6. The highest BCUT2D eigenvalue weighted by molar-refractivity contribution is 7.45. The molecule has 456 valence electrons. The molecule has 0 aliphatic rings. The van der Waals surface area contributed by atoms with Crippen LogP contribution >= 0.6 is 7.82 Å². The molecule has 0 bridgehead atoms. The normalized spacial score (nSPS) is 14.7. The van der Waals surface area contributed by atoms with Crippen molar-refractivity contribution in [3.8, 4) is 0 Å². The van der Waals surface area contributed by atoms with E-state index in [1.54, 1.807) is 0 Å². The van der Waals surface area contributed by atoms with E-state index in [9.17, 15) is 19.0 Å². The number of likely N-dealkylation sites (N-methyl/N-ethyl adjacent to an activating group) is 1. The Labute approximate surface area is 500 Å². The summed E-state index contributed by atoms with van der Waals surface area (Å²) in [6.45, 7) is 3.87. The molecule has 0 rings (SSSR count). The predicted octanol–water partition coefficient (Wildman–Crippen LogP) is 19.3. The second-order valence-electron chi connectivity index (χ2n) is 20.6. The Balaban J connectivity index is 4.39. The summed E-state index contributed by atoms with van der Waals surface area (Å²) in [6.07, 6.45) is 96.0. The summed E-state index contributed by atoms with van der Waals surface area (Å²) in [5, 5.41) is 0. The number of rotatable bonds is 53. The van der Waals surface area contributed by atoms with Crippen LogP contribution < -0.4 is 4.89 Å². The highest BCUT2D eigenvalue weighted by Gasteiger charge is 2.21. The van der Waals surface area contributed by atoms with E-state index < -0.39 is 32.5 Å². The van der Waals surface area contributed by atoms with Crippen molar-refractivity contribution in [2.75, 3.05) is 47.5 Å². The van der Waals surface area contributed by atoms with Gasteiger partial charge >= 0.3 is 11.9 Å². The Morgan fingerprint density at radius 2 is 0.671 bits per heavy atom. The van der Waals surface area contributed by atoms with Gasteiger partial charge in [0.2, 0.25) is 0 Å². The van der Waals surface area contributed by atoms with Gasteiger partial charge in [0.25, 0.3) is 7.82 Å². The molecule has 2 unspecified atom stereocenters. The average Bonchev–Trinajstić information content (AvgIpc) is 3.45. The second-order valence-corrected chi connectivity index (χ2v) is 22.0. The van der Waals surface area contributed by atoms with Crippen molar-refractivity contribution in [2.45, 2.75) is 187 Å². The molecule has 0 radical (unpaired) electrons. The Morgan fingerprint density at radius 1 is 0.378 bits per heavy atom. The van der Waals surface area contributed by atoms with Crippen molar-refractivity contribution in [3.05, 3.63) is 207 Å². The number of phosphoric ester groups is 1. The maximum absolute atomic E-state index is 12.8. The van der Waals surface area contributed by atoms with E-state index in [0.717, 1.165) is 135 Å². The number of hydrogen-bond acceptors (Lipinski definition) is 8. The van der Waals surface area contributed by atoms with Crippen LogP contribution in [0.15, 0.2) is 207 Å². The first kappa shape index (κ1) is 76.6. The molecule has 0 amide bonds. The van der Waals surface area contributed by atoms with E-state index in [0.29, 0.717) is 30.3 Å². The Hall–Kier alpha value is -5.41. The summed E-state index contributed by atoms with van der Waals surface area (Å²) in [5.74, 6) is -0.955. The molecule has 0 saturated carbocycles. The molecule has 9 nitrogen and oxygen atoms in total. The fourth-order valence-corrected chi connectivity index (χ4v) is 7.87. The summed E-state index contributed by atoms with van der Waals surface area (Å²) >= 11 is 0. The van der Waals surface area contributed by atoms with Crippen molar-refractivity contribution in [1.29, 1.82) is 0 Å². The first-order valence-corrected chi connectivity index (χ1v) is 32.3. The van der Waals surface area contributed by atoms with Gasteiger partial charge in [-0.2, -0.15) is 0 Å². The zero-order chi connectivity index (χ0) is 59.8. The predicted molar refractivity (Wildman–Crippen MR) is 350 cm³/mol. The van der Waals surface area contributed by atoms with Gasteiger partial charge in [-0.25, -0.2) is 0 Å². The summed E-state index contributed by atoms with van der Waals surface area (Å²) in [7, 11) is 1.08. The van der Waals surface area contributed by atoms with Crippen molar-refractivity contribution >= 4 is 19.8 Å². The van der Waals surface area contributed by atoms with Crippen LogP contribution in [0.25, 0.3) is 0 Å². The molecule has 0 N–H and O–H groups in total. The van der Waals surface area contributed by atoms with Crippen LogP contribution in [-0.2, 0) is 32.7 Å². The van der Waals surface area contributed by atoms with E-state index >= 15 is 0 Å². The third-order valence-corrected chi connectivity index (χ3v) is 12.8. The van der Waals surface area contributed by atoms with Gasteiger partial charge in [-0.05, 0) is 141 Å². The highest BCUT2D eigenvalue weighted by Crippen LogP contribution is 2.38. The average molecular weight is 1150 g/mol. The minimum absolute atomic E-state index is 0.0598. The van der Waals surface area contributed by atoms with Crippen LogP contribution in [-0.4, -0.2) is 70.0 Å². The zero-order valence-corrected chi connectivity index (χ0v) is 52.5. The van der Waals surface area contributed by atoms with Gasteiger partial charge in [-0.15, -0.1) is 0 Å². The molecule has 2 atom stereocenters. The Morgan fingerprint density at radius 3 is 1.00 bits per heavy atom. The van der Waals surface area contributed by atoms with Crippen molar-refractivity contribution in [3.63, 3.8) is 0 Å². The van der Waals surface area contributed by atoms with Crippen LogP contribution in [0.1, 0.15) is 181 Å². The van der Waals surface area contributed by atoms with Gasteiger partial charge in [0.15, 0.2) is 6.10 Å². The minimum atomic E-state index is -4.68. The number of ether oxygens (including phenoxy) is 2. The molecule has 0 aromatic rings. The standard InChI is InChI=1S/C72H110NO8P/c1-6-8-10-12-14-16-18-20-22-24-26-28-30-32-34-36-38-40-42-44-46-48-50-52-54-56-58-60-62-64-71(74)78-68-70(69-80-82(76,77)79-67-66-73(3,4)5)81-72(75)65-63-61-59-57-55-53-51-49-47-45-43-41-39-37-35-33-31-29-27-25-23-21-19-17-15-13-11-9-7-2/h8-11,14-17,20-23,26-29,32-35,38-41,44-47,50-53,57,59,70H,6-7,12-13,18-19,24-25,30-31,36-37,42-43,48-49,54-56,58,60-69H2,1-5H3/b10-8-,11-9-,16-14-,17-15-,22-20-,23-21-,28-26-,29-27-,34-32-,35-33-,40-38-,41-39-,46-44-,47-45-,52-50-,53-51-,59-57-. The Kier molecular flexibility index (Phi) is 56.2. The maximum Gasteiger partial charge on any atom is 0.306 e. The smallest absolute Gasteiger partial charge is 0.306 e. The molecule has 0 fully saturated rings. The number of esters is 2. The number of unbranched alkanes of at least 4 members (excludes halogenated alkanes) is 5. The lowest BCUT2D eigenvalue weighted by molar-refractivity contribution is -0.870. The highest BCUT2D eigenvalue weighted by atomic mass is 31.2. The molecular formula is C72H110NO8P. The lowest BCUT2D eigenvalue weighted by Gasteiger charge is -2.28. The van der Waals surface area contributed by atoms with Crippen molar-refractivity contribution in [1.82, 2.24) is 0 Å².